The van der Waals surface area contributed by atoms with Crippen molar-refractivity contribution in [2.24, 2.45) is 10.9 Å². The molecular formula is C14H26IN5O2. The number of H-pyrrole nitrogens is 1. The van der Waals surface area contributed by atoms with Gasteiger partial charge in [0.05, 0.1) is 25.5 Å². The average Bonchev–Trinajstić information content (AvgIpc) is 3.19. The Balaban J connectivity index is 0.00000242. The quantitative estimate of drug-likeness (QED) is 0.253. The second-order valence-corrected chi connectivity index (χ2v) is 5.09. The third-order valence-corrected chi connectivity index (χ3v) is 3.36. The maximum absolute atomic E-state index is 5.66. The molecule has 0 spiro atoms. The number of halogens is 1. The van der Waals surface area contributed by atoms with Crippen molar-refractivity contribution >= 4 is 29.9 Å². The number of aliphatic imine (C=N–C) groups is 1. The normalized spacial score (nSPS) is 18.0. The van der Waals surface area contributed by atoms with Gasteiger partial charge in [-0.05, 0) is 18.9 Å². The van der Waals surface area contributed by atoms with Crippen molar-refractivity contribution in [1.29, 1.82) is 0 Å². The summed E-state index contributed by atoms with van der Waals surface area (Å²) >= 11 is 0. The van der Waals surface area contributed by atoms with Crippen LogP contribution in [0.15, 0.2) is 17.3 Å². The van der Waals surface area contributed by atoms with Crippen LogP contribution in [0.2, 0.25) is 0 Å². The lowest BCUT2D eigenvalue weighted by atomic mass is 10.1. The number of rotatable bonds is 8. The second-order valence-electron chi connectivity index (χ2n) is 5.09. The van der Waals surface area contributed by atoms with Gasteiger partial charge in [0, 0.05) is 38.9 Å². The number of aromatic amines is 1. The molecule has 1 aromatic heterocycles. The summed E-state index contributed by atoms with van der Waals surface area (Å²) in [5.41, 5.74) is 1.03. The third-order valence-electron chi connectivity index (χ3n) is 3.36. The van der Waals surface area contributed by atoms with Crippen LogP contribution in [0.25, 0.3) is 0 Å². The van der Waals surface area contributed by atoms with Crippen molar-refractivity contribution in [2.45, 2.75) is 19.4 Å². The Morgan fingerprint density at radius 2 is 2.45 bits per heavy atom. The predicted octanol–water partition coefficient (Wildman–Crippen LogP) is 1.14. The minimum Gasteiger partial charge on any atom is -0.381 e. The third kappa shape index (κ3) is 7.41. The van der Waals surface area contributed by atoms with Crippen LogP contribution in [0, 0.1) is 5.92 Å². The van der Waals surface area contributed by atoms with E-state index in [1.54, 1.807) is 13.2 Å². The van der Waals surface area contributed by atoms with E-state index in [9.17, 15) is 0 Å². The molecule has 1 atom stereocenters. The number of hydrogen-bond acceptors (Lipinski definition) is 4. The first-order chi connectivity index (χ1) is 10.4. The fourth-order valence-electron chi connectivity index (χ4n) is 2.13. The Labute approximate surface area is 148 Å². The average molecular weight is 423 g/mol. The number of aromatic nitrogens is 2. The Hall–Kier alpha value is -0.870. The fraction of sp³-hybridized carbons (Fsp3) is 0.714. The van der Waals surface area contributed by atoms with Gasteiger partial charge in [-0.3, -0.25) is 10.1 Å². The van der Waals surface area contributed by atoms with E-state index in [1.807, 2.05) is 6.07 Å². The fourth-order valence-corrected chi connectivity index (χ4v) is 2.13. The summed E-state index contributed by atoms with van der Waals surface area (Å²) in [6, 6.07) is 1.93. The molecule has 1 aromatic rings. The van der Waals surface area contributed by atoms with Gasteiger partial charge in [-0.25, -0.2) is 0 Å². The summed E-state index contributed by atoms with van der Waals surface area (Å²) in [5, 5.41) is 13.3. The Morgan fingerprint density at radius 3 is 3.14 bits per heavy atom. The number of ether oxygens (including phenoxy) is 2. The summed E-state index contributed by atoms with van der Waals surface area (Å²) in [4.78, 5) is 4.17. The zero-order valence-electron chi connectivity index (χ0n) is 13.0. The van der Waals surface area contributed by atoms with Crippen LogP contribution in [0.5, 0.6) is 0 Å². The maximum Gasteiger partial charge on any atom is 0.191 e. The standard InChI is InChI=1S/C14H25N5O2.HI/c1-15-14(17-9-13-3-6-18-19-13)16-5-2-7-20-10-12-4-8-21-11-12;/h3,6,12H,2,4-5,7-11H2,1H3,(H,18,19)(H2,15,16,17);1H. The Bertz CT molecular complexity index is 407. The lowest BCUT2D eigenvalue weighted by Gasteiger charge is -2.12. The van der Waals surface area contributed by atoms with Gasteiger partial charge in [0.1, 0.15) is 0 Å². The molecule has 1 saturated heterocycles. The maximum atomic E-state index is 5.66. The van der Waals surface area contributed by atoms with Crippen LogP contribution in [-0.2, 0) is 16.0 Å². The Morgan fingerprint density at radius 1 is 1.55 bits per heavy atom. The highest BCUT2D eigenvalue weighted by molar-refractivity contribution is 14.0. The van der Waals surface area contributed by atoms with E-state index in [1.165, 1.54) is 0 Å². The molecular weight excluding hydrogens is 397 g/mol. The molecule has 126 valence electrons. The van der Waals surface area contributed by atoms with Crippen molar-refractivity contribution < 1.29 is 9.47 Å². The van der Waals surface area contributed by atoms with E-state index >= 15 is 0 Å². The molecule has 7 nitrogen and oxygen atoms in total. The summed E-state index contributed by atoms with van der Waals surface area (Å²) in [6.45, 7) is 4.83. The first-order valence-corrected chi connectivity index (χ1v) is 7.46. The number of hydrogen-bond donors (Lipinski definition) is 3. The minimum absolute atomic E-state index is 0. The van der Waals surface area contributed by atoms with Crippen LogP contribution < -0.4 is 10.6 Å². The topological polar surface area (TPSA) is 83.6 Å². The number of guanidine groups is 1. The molecule has 0 aromatic carbocycles. The van der Waals surface area contributed by atoms with Crippen LogP contribution in [0.4, 0.5) is 0 Å². The van der Waals surface area contributed by atoms with Gasteiger partial charge in [-0.2, -0.15) is 5.10 Å². The highest BCUT2D eigenvalue weighted by Crippen LogP contribution is 2.12. The van der Waals surface area contributed by atoms with Crippen molar-refractivity contribution in [3.8, 4) is 0 Å². The van der Waals surface area contributed by atoms with E-state index in [-0.39, 0.29) is 24.0 Å². The molecule has 2 rings (SSSR count). The molecule has 1 unspecified atom stereocenters. The molecule has 2 heterocycles. The van der Waals surface area contributed by atoms with Crippen molar-refractivity contribution in [2.75, 3.05) is 40.0 Å². The van der Waals surface area contributed by atoms with Crippen LogP contribution in [0.1, 0.15) is 18.5 Å². The number of nitrogens with one attached hydrogen (secondary N) is 3. The lowest BCUT2D eigenvalue weighted by molar-refractivity contribution is 0.0888. The van der Waals surface area contributed by atoms with E-state index < -0.39 is 0 Å². The Kier molecular flexibility index (Phi) is 10.2. The van der Waals surface area contributed by atoms with Gasteiger partial charge < -0.3 is 20.1 Å². The van der Waals surface area contributed by atoms with Crippen molar-refractivity contribution in [3.63, 3.8) is 0 Å². The summed E-state index contributed by atoms with van der Waals surface area (Å²) < 4.78 is 11.0. The van der Waals surface area contributed by atoms with E-state index in [2.05, 4.69) is 25.8 Å². The molecule has 0 bridgehead atoms. The summed E-state index contributed by atoms with van der Waals surface area (Å²) in [6.07, 6.45) is 3.82. The first kappa shape index (κ1) is 19.2. The molecule has 1 aliphatic heterocycles. The van der Waals surface area contributed by atoms with Crippen LogP contribution >= 0.6 is 24.0 Å². The number of nitrogens with zero attached hydrogens (tertiary/aromatic N) is 2. The SMILES string of the molecule is CN=C(NCCCOCC1CCOC1)NCc1ccn[nH]1.I. The first-order valence-electron chi connectivity index (χ1n) is 7.46. The molecule has 8 heteroatoms. The molecule has 0 saturated carbocycles. The van der Waals surface area contributed by atoms with Gasteiger partial charge in [0.2, 0.25) is 0 Å². The van der Waals surface area contributed by atoms with Gasteiger partial charge >= 0.3 is 0 Å². The summed E-state index contributed by atoms with van der Waals surface area (Å²) in [5.74, 6) is 1.37. The van der Waals surface area contributed by atoms with Crippen molar-refractivity contribution in [3.05, 3.63) is 18.0 Å². The van der Waals surface area contributed by atoms with Gasteiger partial charge in [-0.15, -0.1) is 24.0 Å². The lowest BCUT2D eigenvalue weighted by Crippen LogP contribution is -2.37. The molecule has 0 amide bonds. The van der Waals surface area contributed by atoms with E-state index in [0.717, 1.165) is 57.5 Å². The van der Waals surface area contributed by atoms with Gasteiger partial charge in [0.25, 0.3) is 0 Å². The second kappa shape index (κ2) is 11.7. The molecule has 0 radical (unpaired) electrons. The zero-order valence-corrected chi connectivity index (χ0v) is 15.3. The predicted molar refractivity (Wildman–Crippen MR) is 96.6 cm³/mol. The molecule has 1 aliphatic rings. The monoisotopic (exact) mass is 423 g/mol. The van der Waals surface area contributed by atoms with Crippen molar-refractivity contribution in [1.82, 2.24) is 20.8 Å². The van der Waals surface area contributed by atoms with Crippen LogP contribution in [0.3, 0.4) is 0 Å². The van der Waals surface area contributed by atoms with Gasteiger partial charge in [-0.1, -0.05) is 0 Å². The molecule has 22 heavy (non-hydrogen) atoms. The smallest absolute Gasteiger partial charge is 0.191 e. The van der Waals surface area contributed by atoms with Crippen LogP contribution in [-0.4, -0.2) is 56.2 Å². The largest absolute Gasteiger partial charge is 0.381 e. The van der Waals surface area contributed by atoms with E-state index in [4.69, 9.17) is 9.47 Å². The minimum atomic E-state index is 0. The highest BCUT2D eigenvalue weighted by atomic mass is 127. The highest BCUT2D eigenvalue weighted by Gasteiger charge is 2.15. The zero-order chi connectivity index (χ0) is 14.8. The summed E-state index contributed by atoms with van der Waals surface area (Å²) in [7, 11) is 1.76. The van der Waals surface area contributed by atoms with E-state index in [0.29, 0.717) is 12.5 Å². The molecule has 1 fully saturated rings. The molecule has 3 N–H and O–H groups in total. The van der Waals surface area contributed by atoms with Gasteiger partial charge in [0.15, 0.2) is 5.96 Å². The molecule has 0 aliphatic carbocycles.